The molecule has 0 aliphatic heterocycles. The van der Waals surface area contributed by atoms with Crippen LogP contribution in [-0.2, 0) is 13.0 Å². The van der Waals surface area contributed by atoms with Gasteiger partial charge in [-0.1, -0.05) is 30.1 Å². The Morgan fingerprint density at radius 3 is 2.65 bits per heavy atom. The van der Waals surface area contributed by atoms with Crippen molar-refractivity contribution in [3.05, 3.63) is 28.0 Å². The van der Waals surface area contributed by atoms with Crippen LogP contribution in [0.5, 0.6) is 0 Å². The Labute approximate surface area is 111 Å². The molecule has 0 bridgehead atoms. The minimum absolute atomic E-state index is 0.541. The topological polar surface area (TPSA) is 43.8 Å². The van der Waals surface area contributed by atoms with Crippen molar-refractivity contribution < 1.29 is 0 Å². The van der Waals surface area contributed by atoms with E-state index in [-0.39, 0.29) is 0 Å². The van der Waals surface area contributed by atoms with Crippen LogP contribution in [-0.4, -0.2) is 16.1 Å². The number of rotatable bonds is 4. The van der Waals surface area contributed by atoms with Gasteiger partial charge >= 0.3 is 0 Å². The molecule has 0 spiro atoms. The lowest BCUT2D eigenvalue weighted by atomic mass is 10.3. The maximum absolute atomic E-state index is 6.04. The van der Waals surface area contributed by atoms with Gasteiger partial charge in [0.15, 0.2) is 0 Å². The van der Waals surface area contributed by atoms with Crippen LogP contribution < -0.4 is 5.73 Å². The van der Waals surface area contributed by atoms with Gasteiger partial charge in [0.1, 0.15) is 5.82 Å². The summed E-state index contributed by atoms with van der Waals surface area (Å²) in [5.74, 6) is 1.05. The van der Waals surface area contributed by atoms with Crippen LogP contribution in [0, 0.1) is 0 Å². The number of hydrogen-bond donors (Lipinski definition) is 1. The minimum atomic E-state index is 0.541. The van der Waals surface area contributed by atoms with Crippen LogP contribution >= 0.6 is 23.2 Å². The number of hydrogen-bond acceptors (Lipinski definition) is 2. The van der Waals surface area contributed by atoms with Gasteiger partial charge in [-0.2, -0.15) is 0 Å². The Morgan fingerprint density at radius 1 is 1.29 bits per heavy atom. The summed E-state index contributed by atoms with van der Waals surface area (Å²) in [6.45, 7) is 3.47. The summed E-state index contributed by atoms with van der Waals surface area (Å²) < 4.78 is 2.13. The highest BCUT2D eigenvalue weighted by Gasteiger charge is 2.11. The van der Waals surface area contributed by atoms with Gasteiger partial charge in [0.2, 0.25) is 0 Å². The van der Waals surface area contributed by atoms with Crippen LogP contribution in [0.3, 0.4) is 0 Å². The lowest BCUT2D eigenvalue weighted by Gasteiger charge is -2.06. The summed E-state index contributed by atoms with van der Waals surface area (Å²) in [4.78, 5) is 4.59. The molecule has 1 aromatic heterocycles. The molecule has 5 heteroatoms. The molecule has 0 saturated carbocycles. The Morgan fingerprint density at radius 2 is 2.00 bits per heavy atom. The van der Waals surface area contributed by atoms with Crippen molar-refractivity contribution in [1.29, 1.82) is 0 Å². The lowest BCUT2D eigenvalue weighted by molar-refractivity contribution is 0.668. The monoisotopic (exact) mass is 271 g/mol. The average Bonchev–Trinajstić information content (AvgIpc) is 2.59. The number of nitrogens with two attached hydrogens (primary N) is 1. The van der Waals surface area contributed by atoms with E-state index in [4.69, 9.17) is 28.9 Å². The molecule has 92 valence electrons. The van der Waals surface area contributed by atoms with Crippen molar-refractivity contribution in [1.82, 2.24) is 9.55 Å². The highest BCUT2D eigenvalue weighted by atomic mass is 35.5. The van der Waals surface area contributed by atoms with Gasteiger partial charge < -0.3 is 10.3 Å². The summed E-state index contributed by atoms with van der Waals surface area (Å²) >= 11 is 12.0. The molecule has 2 rings (SSSR count). The molecule has 0 fully saturated rings. The zero-order valence-corrected chi connectivity index (χ0v) is 11.2. The lowest BCUT2D eigenvalue weighted by Crippen LogP contribution is -2.12. The van der Waals surface area contributed by atoms with E-state index in [2.05, 4.69) is 16.5 Å². The predicted molar refractivity (Wildman–Crippen MR) is 72.8 cm³/mol. The Kier molecular flexibility index (Phi) is 3.92. The second-order valence-electron chi connectivity index (χ2n) is 3.97. The van der Waals surface area contributed by atoms with E-state index < -0.39 is 0 Å². The van der Waals surface area contributed by atoms with Crippen LogP contribution in [0.15, 0.2) is 12.1 Å². The van der Waals surface area contributed by atoms with Gasteiger partial charge in [-0.25, -0.2) is 4.98 Å². The van der Waals surface area contributed by atoms with E-state index in [1.807, 2.05) is 12.1 Å². The second-order valence-corrected chi connectivity index (χ2v) is 4.79. The van der Waals surface area contributed by atoms with Crippen LogP contribution in [0.1, 0.15) is 19.2 Å². The molecular weight excluding hydrogens is 257 g/mol. The number of halogens is 2. The largest absolute Gasteiger partial charge is 0.329 e. The molecule has 0 atom stereocenters. The van der Waals surface area contributed by atoms with E-state index >= 15 is 0 Å². The number of fused-ring (bicyclic) bond motifs is 1. The molecule has 0 saturated heterocycles. The molecule has 1 aromatic carbocycles. The van der Waals surface area contributed by atoms with Gasteiger partial charge in [0, 0.05) is 19.5 Å². The zero-order chi connectivity index (χ0) is 12.4. The second kappa shape index (κ2) is 5.25. The fourth-order valence-corrected chi connectivity index (χ4v) is 2.28. The molecule has 2 aromatic rings. The van der Waals surface area contributed by atoms with Crippen LogP contribution in [0.2, 0.25) is 10.0 Å². The van der Waals surface area contributed by atoms with Crippen molar-refractivity contribution in [3.63, 3.8) is 0 Å². The Hall–Kier alpha value is -0.770. The van der Waals surface area contributed by atoms with Crippen molar-refractivity contribution >= 4 is 34.2 Å². The predicted octanol–water partition coefficient (Wildman–Crippen LogP) is 3.25. The molecule has 3 nitrogen and oxygen atoms in total. The summed E-state index contributed by atoms with van der Waals surface area (Å²) in [5.41, 5.74) is 7.53. The third-order valence-electron chi connectivity index (χ3n) is 2.70. The number of aryl methyl sites for hydroxylation is 1. The number of imidazole rings is 1. The van der Waals surface area contributed by atoms with E-state index in [0.717, 1.165) is 36.2 Å². The first-order valence-corrected chi connectivity index (χ1v) is 6.47. The Balaban J connectivity index is 2.62. The maximum atomic E-state index is 6.04. The molecule has 1 heterocycles. The normalized spacial score (nSPS) is 11.3. The van der Waals surface area contributed by atoms with Crippen LogP contribution in [0.25, 0.3) is 11.0 Å². The quantitative estimate of drug-likeness (QED) is 0.928. The van der Waals surface area contributed by atoms with Crippen LogP contribution in [0.4, 0.5) is 0 Å². The summed E-state index contributed by atoms with van der Waals surface area (Å²) in [5, 5.41) is 1.10. The first kappa shape index (κ1) is 12.7. The molecule has 2 N–H and O–H groups in total. The first-order chi connectivity index (χ1) is 8.17. The number of nitrogens with zero attached hydrogens (tertiary/aromatic N) is 2. The summed E-state index contributed by atoms with van der Waals surface area (Å²) in [6, 6.07) is 3.67. The van der Waals surface area contributed by atoms with Gasteiger partial charge in [0.05, 0.1) is 21.1 Å². The van der Waals surface area contributed by atoms with Gasteiger partial charge in [0.25, 0.3) is 0 Å². The molecule has 0 aliphatic carbocycles. The number of benzene rings is 1. The van der Waals surface area contributed by atoms with Gasteiger partial charge in [-0.15, -0.1) is 0 Å². The van der Waals surface area contributed by atoms with Crippen molar-refractivity contribution in [2.24, 2.45) is 5.73 Å². The van der Waals surface area contributed by atoms with E-state index in [1.165, 1.54) is 0 Å². The maximum Gasteiger partial charge on any atom is 0.109 e. The highest BCUT2D eigenvalue weighted by Crippen LogP contribution is 2.28. The third-order valence-corrected chi connectivity index (χ3v) is 3.42. The van der Waals surface area contributed by atoms with Gasteiger partial charge in [-0.05, 0) is 18.6 Å². The zero-order valence-electron chi connectivity index (χ0n) is 9.71. The highest BCUT2D eigenvalue weighted by molar-refractivity contribution is 6.42. The van der Waals surface area contributed by atoms with E-state index in [1.54, 1.807) is 0 Å². The molecular formula is C12H15Cl2N3. The average molecular weight is 272 g/mol. The van der Waals surface area contributed by atoms with E-state index in [9.17, 15) is 0 Å². The molecule has 0 radical (unpaired) electrons. The smallest absolute Gasteiger partial charge is 0.109 e. The minimum Gasteiger partial charge on any atom is -0.329 e. The standard InChI is InChI=1S/C12H15Cl2N3/c1-2-3-12-16-10-6-8(13)9(14)7-11(10)17(12)5-4-15/h6-7H,2-5,15H2,1H3. The number of aromatic nitrogens is 2. The summed E-state index contributed by atoms with van der Waals surface area (Å²) in [6.07, 6.45) is 1.99. The fourth-order valence-electron chi connectivity index (χ4n) is 1.96. The van der Waals surface area contributed by atoms with Gasteiger partial charge in [-0.3, -0.25) is 0 Å². The first-order valence-electron chi connectivity index (χ1n) is 5.71. The summed E-state index contributed by atoms with van der Waals surface area (Å²) in [7, 11) is 0. The molecule has 17 heavy (non-hydrogen) atoms. The molecule has 0 aliphatic rings. The SMILES string of the molecule is CCCc1nc2cc(Cl)c(Cl)cc2n1CCN. The van der Waals surface area contributed by atoms with Crippen molar-refractivity contribution in [3.8, 4) is 0 Å². The van der Waals surface area contributed by atoms with Crippen molar-refractivity contribution in [2.75, 3.05) is 6.54 Å². The van der Waals surface area contributed by atoms with Crippen molar-refractivity contribution in [2.45, 2.75) is 26.3 Å². The molecule has 0 unspecified atom stereocenters. The third kappa shape index (κ3) is 2.41. The molecule has 0 amide bonds. The van der Waals surface area contributed by atoms with E-state index in [0.29, 0.717) is 16.6 Å². The Bertz CT molecular complexity index is 534. The fraction of sp³-hybridized carbons (Fsp3) is 0.417.